The molecule has 1 aromatic carbocycles. The molecule has 2 heterocycles. The molecule has 0 unspecified atom stereocenters. The van der Waals surface area contributed by atoms with Crippen LogP contribution in [-0.4, -0.2) is 37.0 Å². The zero-order valence-corrected chi connectivity index (χ0v) is 16.5. The monoisotopic (exact) mass is 403 g/mol. The molecule has 0 saturated heterocycles. The number of ether oxygens (including phenoxy) is 3. The molecule has 3 rings (SSSR count). The van der Waals surface area contributed by atoms with Gasteiger partial charge < -0.3 is 19.5 Å². The topological polar surface area (TPSA) is 90.9 Å². The largest absolute Gasteiger partial charge is 0.486 e. The van der Waals surface area contributed by atoms with Crippen molar-refractivity contribution >= 4 is 34.7 Å². The van der Waals surface area contributed by atoms with Crippen LogP contribution in [0.15, 0.2) is 30.3 Å². The Morgan fingerprint density at radius 2 is 1.86 bits per heavy atom. The average molecular weight is 403 g/mol. The predicted octanol–water partition coefficient (Wildman–Crippen LogP) is 3.36. The van der Waals surface area contributed by atoms with Crippen LogP contribution in [0, 0.1) is 6.92 Å². The first-order valence-electron chi connectivity index (χ1n) is 8.92. The number of amides is 1. The minimum atomic E-state index is -0.986. The van der Waals surface area contributed by atoms with E-state index >= 15 is 0 Å². The van der Waals surface area contributed by atoms with Crippen molar-refractivity contribution in [2.75, 3.05) is 18.5 Å². The molecule has 1 N–H and O–H groups in total. The molecule has 1 aromatic heterocycles. The fourth-order valence-electron chi connectivity index (χ4n) is 2.60. The number of fused-ring (bicyclic) bond motifs is 1. The molecule has 148 valence electrons. The van der Waals surface area contributed by atoms with E-state index in [4.69, 9.17) is 14.2 Å². The van der Waals surface area contributed by atoms with Gasteiger partial charge >= 0.3 is 5.97 Å². The van der Waals surface area contributed by atoms with Crippen LogP contribution in [-0.2, 0) is 14.3 Å². The van der Waals surface area contributed by atoms with E-state index in [1.54, 1.807) is 24.3 Å². The Kier molecular flexibility index (Phi) is 6.30. The quantitative estimate of drug-likeness (QED) is 0.563. The second kappa shape index (κ2) is 8.88. The normalized spacial score (nSPS) is 13.5. The Balaban J connectivity index is 1.47. The molecule has 0 fully saturated rings. The Bertz CT molecular complexity index is 891. The van der Waals surface area contributed by atoms with E-state index in [0.29, 0.717) is 35.3 Å². The van der Waals surface area contributed by atoms with Crippen molar-refractivity contribution in [3.05, 3.63) is 40.1 Å². The SMILES string of the molecule is Cc1ccc(C(=O)CCC(=O)O[C@H](C)C(=O)Nc2ccc3c(c2)OCCO3)s1. The van der Waals surface area contributed by atoms with Gasteiger partial charge in [-0.3, -0.25) is 14.4 Å². The summed E-state index contributed by atoms with van der Waals surface area (Å²) in [5.74, 6) is 0.00507. The number of hydrogen-bond acceptors (Lipinski definition) is 7. The second-order valence-electron chi connectivity index (χ2n) is 6.31. The second-order valence-corrected chi connectivity index (χ2v) is 7.60. The lowest BCUT2D eigenvalue weighted by Crippen LogP contribution is -2.30. The van der Waals surface area contributed by atoms with E-state index in [1.165, 1.54) is 18.3 Å². The zero-order valence-electron chi connectivity index (χ0n) is 15.7. The van der Waals surface area contributed by atoms with E-state index < -0.39 is 18.0 Å². The van der Waals surface area contributed by atoms with E-state index in [1.807, 2.05) is 13.0 Å². The molecule has 0 radical (unpaired) electrons. The predicted molar refractivity (Wildman–Crippen MR) is 104 cm³/mol. The summed E-state index contributed by atoms with van der Waals surface area (Å²) in [6.45, 7) is 4.33. The Morgan fingerprint density at radius 1 is 1.11 bits per heavy atom. The highest BCUT2D eigenvalue weighted by atomic mass is 32.1. The molecule has 0 saturated carbocycles. The first-order chi connectivity index (χ1) is 13.4. The van der Waals surface area contributed by atoms with Gasteiger partial charge in [-0.15, -0.1) is 11.3 Å². The lowest BCUT2D eigenvalue weighted by Gasteiger charge is -2.19. The van der Waals surface area contributed by atoms with Gasteiger partial charge in [0.2, 0.25) is 0 Å². The number of nitrogens with one attached hydrogen (secondary N) is 1. The van der Waals surface area contributed by atoms with Crippen LogP contribution in [0.25, 0.3) is 0 Å². The number of thiophene rings is 1. The van der Waals surface area contributed by atoms with Gasteiger partial charge in [0, 0.05) is 23.1 Å². The lowest BCUT2D eigenvalue weighted by molar-refractivity contribution is -0.153. The van der Waals surface area contributed by atoms with Crippen LogP contribution in [0.4, 0.5) is 5.69 Å². The van der Waals surface area contributed by atoms with E-state index in [0.717, 1.165) is 4.88 Å². The van der Waals surface area contributed by atoms with Gasteiger partial charge in [-0.05, 0) is 38.1 Å². The van der Waals surface area contributed by atoms with Gasteiger partial charge in [0.1, 0.15) is 13.2 Å². The van der Waals surface area contributed by atoms with Crippen LogP contribution >= 0.6 is 11.3 Å². The Labute approximate surface area is 166 Å². The van der Waals surface area contributed by atoms with E-state index in [9.17, 15) is 14.4 Å². The number of Topliss-reactive ketones (excluding diaryl/α,β-unsaturated/α-hetero) is 1. The van der Waals surface area contributed by atoms with Gasteiger partial charge in [0.05, 0.1) is 11.3 Å². The first-order valence-corrected chi connectivity index (χ1v) is 9.73. The molecule has 28 heavy (non-hydrogen) atoms. The fourth-order valence-corrected chi connectivity index (χ4v) is 3.43. The van der Waals surface area contributed by atoms with Gasteiger partial charge in [-0.25, -0.2) is 0 Å². The van der Waals surface area contributed by atoms with Crippen LogP contribution in [0.1, 0.15) is 34.3 Å². The summed E-state index contributed by atoms with van der Waals surface area (Å²) in [6, 6.07) is 8.65. The number of carbonyl (C=O) groups is 3. The number of ketones is 1. The number of carbonyl (C=O) groups excluding carboxylic acids is 3. The summed E-state index contributed by atoms with van der Waals surface area (Å²) in [7, 11) is 0. The fraction of sp³-hybridized carbons (Fsp3) is 0.350. The maximum Gasteiger partial charge on any atom is 0.307 e. The van der Waals surface area contributed by atoms with E-state index in [-0.39, 0.29) is 18.6 Å². The molecule has 0 spiro atoms. The number of hydrogen-bond donors (Lipinski definition) is 1. The summed E-state index contributed by atoms with van der Waals surface area (Å²) in [6.07, 6.45) is -1.01. The molecule has 1 amide bonds. The van der Waals surface area contributed by atoms with Gasteiger partial charge in [0.25, 0.3) is 5.91 Å². The molecule has 1 atom stereocenters. The van der Waals surface area contributed by atoms with Gasteiger partial charge in [0.15, 0.2) is 23.4 Å². The summed E-state index contributed by atoms with van der Waals surface area (Å²) in [5, 5.41) is 2.67. The summed E-state index contributed by atoms with van der Waals surface area (Å²) in [4.78, 5) is 37.9. The maximum atomic E-state index is 12.3. The third kappa shape index (κ3) is 5.10. The molecule has 1 aliphatic heterocycles. The highest BCUT2D eigenvalue weighted by molar-refractivity contribution is 7.14. The van der Waals surface area contributed by atoms with Crippen molar-refractivity contribution in [2.24, 2.45) is 0 Å². The molecule has 2 aromatic rings. The van der Waals surface area contributed by atoms with Crippen molar-refractivity contribution in [3.63, 3.8) is 0 Å². The van der Waals surface area contributed by atoms with Crippen molar-refractivity contribution in [3.8, 4) is 11.5 Å². The maximum absolute atomic E-state index is 12.3. The first kappa shape index (κ1) is 19.9. The number of rotatable bonds is 7. The van der Waals surface area contributed by atoms with Crippen molar-refractivity contribution in [2.45, 2.75) is 32.8 Å². The average Bonchev–Trinajstić information content (AvgIpc) is 3.12. The van der Waals surface area contributed by atoms with Gasteiger partial charge in [-0.1, -0.05) is 0 Å². The van der Waals surface area contributed by atoms with Crippen molar-refractivity contribution < 1.29 is 28.6 Å². The number of aryl methyl sites for hydroxylation is 1. The summed E-state index contributed by atoms with van der Waals surface area (Å²) in [5.41, 5.74) is 0.514. The molecular weight excluding hydrogens is 382 g/mol. The Hall–Kier alpha value is -2.87. The zero-order chi connectivity index (χ0) is 20.1. The van der Waals surface area contributed by atoms with Crippen LogP contribution in [0.5, 0.6) is 11.5 Å². The third-order valence-electron chi connectivity index (χ3n) is 4.06. The highest BCUT2D eigenvalue weighted by Gasteiger charge is 2.20. The minimum Gasteiger partial charge on any atom is -0.486 e. The molecule has 7 nitrogen and oxygen atoms in total. The number of anilines is 1. The van der Waals surface area contributed by atoms with Gasteiger partial charge in [-0.2, -0.15) is 0 Å². The van der Waals surface area contributed by atoms with Crippen LogP contribution < -0.4 is 14.8 Å². The Morgan fingerprint density at radius 3 is 2.57 bits per heavy atom. The van der Waals surface area contributed by atoms with Crippen molar-refractivity contribution in [1.29, 1.82) is 0 Å². The smallest absolute Gasteiger partial charge is 0.307 e. The highest BCUT2D eigenvalue weighted by Crippen LogP contribution is 2.32. The van der Waals surface area contributed by atoms with Crippen LogP contribution in [0.2, 0.25) is 0 Å². The standard InChI is InChI=1S/C20H21NO6S/c1-12-3-7-18(28-12)15(22)5-8-19(23)27-13(2)20(24)21-14-4-6-16-17(11-14)26-10-9-25-16/h3-4,6-7,11,13H,5,8-10H2,1-2H3,(H,21,24)/t13-/m1/s1. The lowest BCUT2D eigenvalue weighted by atomic mass is 10.2. The summed E-state index contributed by atoms with van der Waals surface area (Å²) >= 11 is 1.39. The minimum absolute atomic E-state index is 0.0509. The van der Waals surface area contributed by atoms with E-state index in [2.05, 4.69) is 5.32 Å². The molecule has 1 aliphatic rings. The molecular formula is C20H21NO6S. The number of benzene rings is 1. The summed E-state index contributed by atoms with van der Waals surface area (Å²) < 4.78 is 16.0. The molecule has 0 aliphatic carbocycles. The molecule has 8 heteroatoms. The third-order valence-corrected chi connectivity index (χ3v) is 5.10. The van der Waals surface area contributed by atoms with Crippen LogP contribution in [0.3, 0.4) is 0 Å². The van der Waals surface area contributed by atoms with Crippen molar-refractivity contribution in [1.82, 2.24) is 0 Å². The number of esters is 1. The molecule has 0 bridgehead atoms.